The summed E-state index contributed by atoms with van der Waals surface area (Å²) < 4.78 is 0. The molecule has 0 saturated carbocycles. The number of rotatable bonds is 0. The Labute approximate surface area is 121 Å². The van der Waals surface area contributed by atoms with Gasteiger partial charge in [-0.15, -0.1) is 6.07 Å². The molecule has 0 aliphatic carbocycles. The second-order valence-electron chi connectivity index (χ2n) is 1.92. The van der Waals surface area contributed by atoms with Gasteiger partial charge in [0.2, 0.25) is 0 Å². The minimum absolute atomic E-state index is 0. The Hall–Kier alpha value is 0.994. The zero-order chi connectivity index (χ0) is 6.10. The van der Waals surface area contributed by atoms with Gasteiger partial charge in [-0.25, -0.2) is 0 Å². The van der Waals surface area contributed by atoms with Crippen molar-refractivity contribution in [1.82, 2.24) is 4.98 Å². The third kappa shape index (κ3) is 2.75. The summed E-state index contributed by atoms with van der Waals surface area (Å²) in [6.07, 6.45) is 1.79. The van der Waals surface area contributed by atoms with Gasteiger partial charge in [0.05, 0.1) is 0 Å². The average molecular weight is 161 g/mol. The summed E-state index contributed by atoms with van der Waals surface area (Å²) >= 11 is 0. The summed E-state index contributed by atoms with van der Waals surface area (Å²) in [4.78, 5) is 4.06. The maximum Gasteiger partial charge on any atom is 1.00 e. The number of aromatic nitrogens is 1. The van der Waals surface area contributed by atoms with Crippen LogP contribution in [0.25, 0.3) is 10.9 Å². The fourth-order valence-corrected chi connectivity index (χ4v) is 0.879. The molecule has 0 radical (unpaired) electrons. The second kappa shape index (κ2) is 5.61. The van der Waals surface area contributed by atoms with Gasteiger partial charge in [0.1, 0.15) is 0 Å². The topological polar surface area (TPSA) is 14.1 Å². The molecule has 0 fully saturated rings. The Morgan fingerprint density at radius 1 is 1.27 bits per heavy atom. The molecule has 0 saturated heterocycles. The summed E-state index contributed by atoms with van der Waals surface area (Å²) in [5, 5.41) is 1.16. The van der Waals surface area contributed by atoms with Gasteiger partial charge in [-0.05, 0) is 0 Å². The van der Waals surface area contributed by atoms with Gasteiger partial charge in [0.15, 0.2) is 0 Å². The van der Waals surface area contributed by atoms with E-state index in [0.717, 1.165) is 10.9 Å². The van der Waals surface area contributed by atoms with E-state index in [4.69, 9.17) is 0 Å². The predicted molar refractivity (Wildman–Crippen MR) is 36.1 cm³/mol. The second-order valence-corrected chi connectivity index (χ2v) is 1.92. The van der Waals surface area contributed by atoms with Crippen molar-refractivity contribution in [2.75, 3.05) is 0 Å². The monoisotopic (exact) mass is 161 g/mol. The predicted octanol–water partition coefficient (Wildman–Crippen LogP) is -4.39. The Morgan fingerprint density at radius 3 is 2.82 bits per heavy atom. The normalized spacial score (nSPS) is 8.36. The Balaban J connectivity index is 0.000000500. The van der Waals surface area contributed by atoms with Crippen molar-refractivity contribution in [3.8, 4) is 0 Å². The van der Waals surface area contributed by atoms with Crippen molar-refractivity contribution >= 4 is 10.9 Å². The van der Waals surface area contributed by atoms with E-state index < -0.39 is 0 Å². The van der Waals surface area contributed by atoms with Gasteiger partial charge in [0.25, 0.3) is 0 Å². The van der Waals surface area contributed by atoms with E-state index in [9.17, 15) is 0 Å². The fraction of sp³-hybridized carbons (Fsp3) is 0. The zero-order valence-corrected chi connectivity index (χ0v) is 9.96. The van der Waals surface area contributed by atoms with E-state index in [1.54, 1.807) is 6.20 Å². The molecule has 0 bridgehead atoms. The molecule has 0 atom stereocenters. The van der Waals surface area contributed by atoms with Crippen LogP contribution in [-0.4, -0.2) is 0 Å². The number of fused-ring (bicyclic) bond motifs is 1. The molecule has 1 aromatic heterocycles. The Morgan fingerprint density at radius 2 is 2.09 bits per heavy atom. The maximum atomic E-state index is 4.06. The summed E-state index contributed by atoms with van der Waals surface area (Å²) in [5.74, 6) is 0. The van der Waals surface area contributed by atoms with Gasteiger partial charge in [-0.2, -0.15) is 35.8 Å². The van der Waals surface area contributed by atoms with E-state index in [0.29, 0.717) is 0 Å². The third-order valence-electron chi connectivity index (χ3n) is 1.32. The van der Waals surface area contributed by atoms with Crippen LogP contribution in [0.5, 0.6) is 0 Å². The zero-order valence-electron chi connectivity index (χ0n) is 6.83. The van der Waals surface area contributed by atoms with Gasteiger partial charge < -0.3 is 4.98 Å². The summed E-state index contributed by atoms with van der Waals surface area (Å²) in [6, 6.07) is 10.9. The van der Waals surface area contributed by atoms with Crippen molar-refractivity contribution in [2.45, 2.75) is 0 Å². The number of hydrogen-bond donors (Lipinski definition) is 0. The fourth-order valence-electron chi connectivity index (χ4n) is 0.879. The standard InChI is InChI=1S/C8H5N.K.Li/c1-2-4-8-7(3-1)5-6-9-8;;/h1-3,5-6H;;/q-2;2*+1. The molecular formula is C8H5KLiN. The molecule has 1 nitrogen and oxygen atoms in total. The first kappa shape index (κ1) is 12.0. The van der Waals surface area contributed by atoms with Gasteiger partial charge in [0, 0.05) is 0 Å². The molecule has 0 spiro atoms. The molecule has 1 heterocycles. The number of para-hydroxylation sites is 1. The summed E-state index contributed by atoms with van der Waals surface area (Å²) in [7, 11) is 0. The maximum absolute atomic E-state index is 4.06. The Kier molecular flexibility index (Phi) is 6.11. The first-order valence-electron chi connectivity index (χ1n) is 2.85. The van der Waals surface area contributed by atoms with Crippen LogP contribution >= 0.6 is 0 Å². The van der Waals surface area contributed by atoms with E-state index in [1.165, 1.54) is 0 Å². The van der Waals surface area contributed by atoms with Crippen LogP contribution in [0.15, 0.2) is 30.5 Å². The summed E-state index contributed by atoms with van der Waals surface area (Å²) in [6.45, 7) is 0. The number of nitrogens with zero attached hydrogens (tertiary/aromatic N) is 1. The van der Waals surface area contributed by atoms with Crippen molar-refractivity contribution in [3.63, 3.8) is 0 Å². The van der Waals surface area contributed by atoms with E-state index in [-0.39, 0.29) is 70.2 Å². The molecule has 2 aromatic rings. The number of benzene rings is 1. The van der Waals surface area contributed by atoms with Crippen LogP contribution in [0.2, 0.25) is 0 Å². The van der Waals surface area contributed by atoms with E-state index in [2.05, 4.69) is 11.1 Å². The van der Waals surface area contributed by atoms with Crippen LogP contribution in [-0.2, 0) is 0 Å². The van der Waals surface area contributed by atoms with E-state index >= 15 is 0 Å². The first-order chi connectivity index (χ1) is 4.47. The average Bonchev–Trinajstić information content (AvgIpc) is 2.33. The van der Waals surface area contributed by atoms with Crippen LogP contribution in [0, 0.1) is 6.07 Å². The van der Waals surface area contributed by atoms with Crippen molar-refractivity contribution in [3.05, 3.63) is 36.5 Å². The van der Waals surface area contributed by atoms with Crippen LogP contribution in [0.1, 0.15) is 0 Å². The minimum Gasteiger partial charge on any atom is -0.686 e. The smallest absolute Gasteiger partial charge is 0.686 e. The van der Waals surface area contributed by atoms with Crippen molar-refractivity contribution in [1.29, 1.82) is 0 Å². The van der Waals surface area contributed by atoms with Crippen LogP contribution in [0.4, 0.5) is 0 Å². The molecule has 3 heteroatoms. The van der Waals surface area contributed by atoms with E-state index in [1.807, 2.05) is 24.3 Å². The van der Waals surface area contributed by atoms with Crippen molar-refractivity contribution < 1.29 is 70.2 Å². The SMILES string of the molecule is [K+].[Li+].[c-]1cccc2cc[n-]c12. The molecule has 0 N–H and O–H groups in total. The van der Waals surface area contributed by atoms with Crippen LogP contribution < -0.4 is 75.2 Å². The van der Waals surface area contributed by atoms with Crippen molar-refractivity contribution in [2.24, 2.45) is 0 Å². The summed E-state index contributed by atoms with van der Waals surface area (Å²) in [5.41, 5.74) is 0.956. The first-order valence-corrected chi connectivity index (χ1v) is 2.85. The molecule has 0 aliphatic heterocycles. The molecular weight excluding hydrogens is 156 g/mol. The molecule has 1 aromatic carbocycles. The molecule has 0 unspecified atom stereocenters. The molecule has 2 rings (SSSR count). The number of hydrogen-bond acceptors (Lipinski definition) is 0. The molecule has 0 aliphatic rings. The molecule has 11 heavy (non-hydrogen) atoms. The Bertz CT molecular complexity index is 288. The minimum atomic E-state index is 0. The molecule has 44 valence electrons. The van der Waals surface area contributed by atoms with Gasteiger partial charge in [-0.1, -0.05) is 0 Å². The quantitative estimate of drug-likeness (QED) is 0.281. The van der Waals surface area contributed by atoms with Gasteiger partial charge >= 0.3 is 70.2 Å². The van der Waals surface area contributed by atoms with Gasteiger partial charge in [-0.3, -0.25) is 5.52 Å². The molecule has 0 amide bonds. The third-order valence-corrected chi connectivity index (χ3v) is 1.32. The van der Waals surface area contributed by atoms with Crippen LogP contribution in [0.3, 0.4) is 0 Å². The largest absolute Gasteiger partial charge is 1.00 e.